The second-order valence-electron chi connectivity index (χ2n) is 11.3. The lowest BCUT2D eigenvalue weighted by Gasteiger charge is -2.14. The van der Waals surface area contributed by atoms with Crippen LogP contribution in [-0.2, 0) is 0 Å². The zero-order chi connectivity index (χ0) is 28.4. The number of carbonyl (C=O) groups excluding carboxylic acids is 1. The van der Waals surface area contributed by atoms with Crippen LogP contribution in [0.5, 0.6) is 0 Å². The van der Waals surface area contributed by atoms with Gasteiger partial charge in [0, 0.05) is 11.1 Å². The average Bonchev–Trinajstić information content (AvgIpc) is 3.52. The van der Waals surface area contributed by atoms with E-state index >= 15 is 0 Å². The molecule has 2 aliphatic heterocycles. The first-order valence-corrected chi connectivity index (χ1v) is 18.5. The van der Waals surface area contributed by atoms with Crippen molar-refractivity contribution in [2.75, 3.05) is 0 Å². The van der Waals surface area contributed by atoms with Gasteiger partial charge < -0.3 is 0 Å². The molecule has 0 aromatic heterocycles. The van der Waals surface area contributed by atoms with Gasteiger partial charge in [-0.1, -0.05) is 134 Å². The van der Waals surface area contributed by atoms with Crippen molar-refractivity contribution in [3.05, 3.63) is 145 Å². The molecule has 1 nitrogen and oxygen atoms in total. The minimum absolute atomic E-state index is 0.0643. The van der Waals surface area contributed by atoms with Crippen LogP contribution in [-0.4, -0.2) is 23.4 Å². The molecule has 0 fully saturated rings. The quantitative estimate of drug-likeness (QED) is 0.171. The minimum Gasteiger partial charge on any atom is -0.289 e. The van der Waals surface area contributed by atoms with Gasteiger partial charge in [-0.05, 0) is 77.4 Å². The van der Waals surface area contributed by atoms with Crippen molar-refractivity contribution in [3.63, 3.8) is 0 Å². The molecule has 6 aromatic carbocycles. The van der Waals surface area contributed by atoms with Gasteiger partial charge in [-0.2, -0.15) is 0 Å². The Morgan fingerprint density at radius 1 is 0.429 bits per heavy atom. The number of ketones is 1. The van der Waals surface area contributed by atoms with Crippen LogP contribution in [0.4, 0.5) is 0 Å². The van der Waals surface area contributed by atoms with Crippen molar-refractivity contribution in [1.82, 2.24) is 0 Å². The third-order valence-electron chi connectivity index (χ3n) is 8.99. The van der Waals surface area contributed by atoms with Gasteiger partial charge in [0.1, 0.15) is 17.6 Å². The lowest BCUT2D eigenvalue weighted by molar-refractivity contribution is 0.103. The van der Waals surface area contributed by atoms with E-state index in [1.807, 2.05) is 24.3 Å². The van der Waals surface area contributed by atoms with Gasteiger partial charge in [0.25, 0.3) is 0 Å². The topological polar surface area (TPSA) is 17.1 Å². The summed E-state index contributed by atoms with van der Waals surface area (Å²) in [6.45, 7) is 4.78. The molecular weight excluding hydrogens is 541 g/mol. The summed E-state index contributed by atoms with van der Waals surface area (Å²) in [7, 11) is -1.76. The normalized spacial score (nSPS) is 13.4. The van der Waals surface area contributed by atoms with Crippen LogP contribution in [0.25, 0.3) is 44.5 Å². The molecule has 6 aromatic rings. The van der Waals surface area contributed by atoms with E-state index in [1.165, 1.54) is 54.1 Å². The Kier molecular flexibility index (Phi) is 5.85. The Bertz CT molecular complexity index is 1910. The van der Waals surface area contributed by atoms with Crippen molar-refractivity contribution in [3.8, 4) is 44.5 Å². The lowest BCUT2D eigenvalue weighted by atomic mass is 9.94. The van der Waals surface area contributed by atoms with Gasteiger partial charge in [-0.25, -0.2) is 0 Å². The fourth-order valence-electron chi connectivity index (χ4n) is 7.02. The summed E-state index contributed by atoms with van der Waals surface area (Å²) >= 11 is 0. The smallest absolute Gasteiger partial charge is 0.193 e. The molecule has 0 N–H and O–H groups in total. The summed E-state index contributed by atoms with van der Waals surface area (Å²) in [6, 6.07) is 47.3. The summed E-state index contributed by atoms with van der Waals surface area (Å²) in [5.41, 5.74) is 11.6. The molecule has 42 heavy (non-hydrogen) atoms. The molecule has 0 aliphatic carbocycles. The highest BCUT2D eigenvalue weighted by atomic mass is 28.3. The number of hydrogen-bond acceptors (Lipinski definition) is 1. The van der Waals surface area contributed by atoms with E-state index in [1.54, 1.807) is 0 Å². The molecule has 198 valence electrons. The number of fused-ring (bicyclic) bond motifs is 6. The predicted molar refractivity (Wildman–Crippen MR) is 180 cm³/mol. The predicted octanol–water partition coefficient (Wildman–Crippen LogP) is 6.69. The molecule has 0 amide bonds. The molecule has 2 aliphatic rings. The van der Waals surface area contributed by atoms with Crippen molar-refractivity contribution in [1.29, 1.82) is 0 Å². The number of carbonyl (C=O) groups is 1. The molecule has 3 heteroatoms. The van der Waals surface area contributed by atoms with Gasteiger partial charge in [0.15, 0.2) is 5.78 Å². The van der Waals surface area contributed by atoms with Gasteiger partial charge in [-0.15, -0.1) is 0 Å². The first kappa shape index (κ1) is 25.2. The maximum absolute atomic E-state index is 14.0. The highest BCUT2D eigenvalue weighted by molar-refractivity contribution is 6.90. The Hall–Kier alpha value is -4.58. The molecule has 0 atom stereocenters. The Labute approximate surface area is 250 Å². The van der Waals surface area contributed by atoms with E-state index in [9.17, 15) is 4.79 Å². The van der Waals surface area contributed by atoms with Crippen molar-refractivity contribution >= 4 is 44.1 Å². The maximum atomic E-state index is 14.0. The molecule has 2 radical (unpaired) electrons. The van der Waals surface area contributed by atoms with Gasteiger partial charge in [0.2, 0.25) is 0 Å². The Balaban J connectivity index is 1.17. The second kappa shape index (κ2) is 9.76. The van der Waals surface area contributed by atoms with Crippen LogP contribution >= 0.6 is 0 Å². The number of rotatable bonds is 4. The molecule has 0 saturated carbocycles. The summed E-state index contributed by atoms with van der Waals surface area (Å²) < 4.78 is 0. The Morgan fingerprint density at radius 2 is 0.810 bits per heavy atom. The monoisotopic (exact) mass is 568 g/mol. The van der Waals surface area contributed by atoms with Crippen molar-refractivity contribution < 1.29 is 4.79 Å². The van der Waals surface area contributed by atoms with Gasteiger partial charge in [0.05, 0.1) is 0 Å². The van der Waals surface area contributed by atoms with Crippen molar-refractivity contribution in [2.45, 2.75) is 13.1 Å². The van der Waals surface area contributed by atoms with E-state index in [4.69, 9.17) is 0 Å². The zero-order valence-electron chi connectivity index (χ0n) is 23.6. The first-order valence-electron chi connectivity index (χ1n) is 14.5. The van der Waals surface area contributed by atoms with Crippen LogP contribution in [0, 0.1) is 0 Å². The van der Waals surface area contributed by atoms with E-state index in [0.717, 1.165) is 22.3 Å². The molecule has 8 rings (SSSR count). The Morgan fingerprint density at radius 3 is 1.29 bits per heavy atom. The first-order chi connectivity index (χ1) is 20.6. The molecule has 0 bridgehead atoms. The summed E-state index contributed by atoms with van der Waals surface area (Å²) in [5, 5.41) is 5.85. The molecular formula is C39H28OSi2. The van der Waals surface area contributed by atoms with E-state index in [0.29, 0.717) is 0 Å². The van der Waals surface area contributed by atoms with E-state index < -0.39 is 17.6 Å². The standard InChI is InChI=1S/C39H28OSi2/c1-41-35-21-5-3-15-31(35)33-19-9-17-29(38(33)41)25-11-7-13-27(23-25)37(40)28-14-8-12-26(24-28)30-18-10-20-34-32-16-4-6-22-36(32)42(2)39(30)34/h3-24H,1-2H3. The number of benzene rings is 6. The van der Waals surface area contributed by atoms with Crippen LogP contribution in [0.1, 0.15) is 15.9 Å². The number of hydrogen-bond donors (Lipinski definition) is 0. The van der Waals surface area contributed by atoms with Gasteiger partial charge >= 0.3 is 0 Å². The van der Waals surface area contributed by atoms with Crippen LogP contribution in [0.2, 0.25) is 13.1 Å². The van der Waals surface area contributed by atoms with Crippen LogP contribution in [0.15, 0.2) is 133 Å². The van der Waals surface area contributed by atoms with Gasteiger partial charge in [-0.3, -0.25) is 4.79 Å². The van der Waals surface area contributed by atoms with E-state index in [2.05, 4.69) is 122 Å². The van der Waals surface area contributed by atoms with E-state index in [-0.39, 0.29) is 5.78 Å². The lowest BCUT2D eigenvalue weighted by Crippen LogP contribution is -2.35. The molecule has 0 saturated heterocycles. The fourth-order valence-corrected chi connectivity index (χ4v) is 12.0. The summed E-state index contributed by atoms with van der Waals surface area (Å²) in [6.07, 6.45) is 0. The zero-order valence-corrected chi connectivity index (χ0v) is 25.6. The summed E-state index contributed by atoms with van der Waals surface area (Å²) in [5.74, 6) is 0.0643. The molecule has 0 spiro atoms. The molecule has 2 heterocycles. The highest BCUT2D eigenvalue weighted by Gasteiger charge is 2.30. The van der Waals surface area contributed by atoms with Crippen molar-refractivity contribution in [2.24, 2.45) is 0 Å². The second-order valence-corrected chi connectivity index (χ2v) is 15.9. The third kappa shape index (κ3) is 3.78. The summed E-state index contributed by atoms with van der Waals surface area (Å²) in [4.78, 5) is 14.0. The third-order valence-corrected chi connectivity index (χ3v) is 14.1. The minimum atomic E-state index is -0.879. The highest BCUT2D eigenvalue weighted by Crippen LogP contribution is 2.32. The molecule has 0 unspecified atom stereocenters. The maximum Gasteiger partial charge on any atom is 0.193 e. The fraction of sp³-hybridized carbons (Fsp3) is 0.0513. The largest absolute Gasteiger partial charge is 0.289 e. The van der Waals surface area contributed by atoms with Crippen LogP contribution < -0.4 is 20.7 Å². The van der Waals surface area contributed by atoms with Crippen LogP contribution in [0.3, 0.4) is 0 Å². The SMILES string of the molecule is C[Si]1c2ccccc2-c2cccc(-c3cccc(C(=O)c4cccc(-c5cccc6c5[Si](C)c5ccccc5-6)c4)c3)c21. The average molecular weight is 569 g/mol.